The largest absolute Gasteiger partial charge is 0.392 e. The van der Waals surface area contributed by atoms with Crippen molar-refractivity contribution in [1.82, 2.24) is 9.62 Å². The highest BCUT2D eigenvalue weighted by molar-refractivity contribution is 7.89. The van der Waals surface area contributed by atoms with E-state index in [9.17, 15) is 17.9 Å². The van der Waals surface area contributed by atoms with E-state index in [4.69, 9.17) is 11.6 Å². The molecule has 1 heterocycles. The van der Waals surface area contributed by atoms with Crippen LogP contribution in [0.1, 0.15) is 24.8 Å². The number of aliphatic hydroxyl groups excluding tert-OH is 1. The van der Waals surface area contributed by atoms with E-state index in [1.807, 2.05) is 0 Å². The molecule has 8 heteroatoms. The first-order valence-electron chi connectivity index (χ1n) is 7.65. The second kappa shape index (κ2) is 7.90. The van der Waals surface area contributed by atoms with Gasteiger partial charge in [0.1, 0.15) is 10.7 Å². The van der Waals surface area contributed by atoms with Gasteiger partial charge in [-0.05, 0) is 57.0 Å². The molecule has 2 rings (SSSR count). The molecule has 1 aliphatic heterocycles. The van der Waals surface area contributed by atoms with Gasteiger partial charge < -0.3 is 10.0 Å². The molecular weight excluding hydrogens is 343 g/mol. The van der Waals surface area contributed by atoms with Crippen LogP contribution in [0.2, 0.25) is 5.02 Å². The number of hydrogen-bond donors (Lipinski definition) is 2. The van der Waals surface area contributed by atoms with Gasteiger partial charge in [-0.1, -0.05) is 11.6 Å². The molecule has 1 atom stereocenters. The van der Waals surface area contributed by atoms with Crippen molar-refractivity contribution in [3.8, 4) is 0 Å². The van der Waals surface area contributed by atoms with Gasteiger partial charge in [0.15, 0.2) is 0 Å². The Hall–Kier alpha value is -0.730. The maximum absolute atomic E-state index is 13.4. The molecule has 1 aliphatic rings. The van der Waals surface area contributed by atoms with Gasteiger partial charge in [0.25, 0.3) is 0 Å². The minimum atomic E-state index is -3.76. The van der Waals surface area contributed by atoms with E-state index in [0.717, 1.165) is 32.0 Å². The zero-order chi connectivity index (χ0) is 17.0. The van der Waals surface area contributed by atoms with Crippen LogP contribution in [-0.4, -0.2) is 50.7 Å². The summed E-state index contributed by atoms with van der Waals surface area (Å²) in [7, 11) is -3.76. The minimum absolute atomic E-state index is 0.105. The normalized spacial score (nSPS) is 19.9. The van der Waals surface area contributed by atoms with Gasteiger partial charge >= 0.3 is 0 Å². The standard InChI is InChI=1S/C15H22ClFN2O3S/c1-11-8-15(13(16)9-14(11)17)23(21,22)18-5-3-7-19-6-2-4-12(20)10-19/h8-9,12,18,20H,2-7,10H2,1H3. The fraction of sp³-hybridized carbons (Fsp3) is 0.600. The van der Waals surface area contributed by atoms with Crippen molar-refractivity contribution in [3.63, 3.8) is 0 Å². The molecule has 0 spiro atoms. The van der Waals surface area contributed by atoms with Gasteiger partial charge in [-0.15, -0.1) is 0 Å². The lowest BCUT2D eigenvalue weighted by Gasteiger charge is -2.29. The maximum Gasteiger partial charge on any atom is 0.242 e. The van der Waals surface area contributed by atoms with Crippen molar-refractivity contribution >= 4 is 21.6 Å². The molecule has 0 radical (unpaired) electrons. The summed E-state index contributed by atoms with van der Waals surface area (Å²) < 4.78 is 40.4. The molecule has 1 fully saturated rings. The first-order chi connectivity index (χ1) is 10.8. The number of hydrogen-bond acceptors (Lipinski definition) is 4. The minimum Gasteiger partial charge on any atom is -0.392 e. The molecule has 23 heavy (non-hydrogen) atoms. The summed E-state index contributed by atoms with van der Waals surface area (Å²) >= 11 is 5.84. The van der Waals surface area contributed by atoms with E-state index >= 15 is 0 Å². The molecule has 0 bridgehead atoms. The Morgan fingerprint density at radius 1 is 1.48 bits per heavy atom. The van der Waals surface area contributed by atoms with Crippen LogP contribution in [-0.2, 0) is 10.0 Å². The second-order valence-corrected chi connectivity index (χ2v) is 8.02. The Kier molecular flexibility index (Phi) is 6.39. The van der Waals surface area contributed by atoms with Gasteiger partial charge in [-0.2, -0.15) is 0 Å². The lowest BCUT2D eigenvalue weighted by Crippen LogP contribution is -2.39. The quantitative estimate of drug-likeness (QED) is 0.756. The Bertz CT molecular complexity index is 654. The van der Waals surface area contributed by atoms with Crippen molar-refractivity contribution in [1.29, 1.82) is 0 Å². The predicted molar refractivity (Wildman–Crippen MR) is 87.6 cm³/mol. The molecule has 130 valence electrons. The molecule has 1 aromatic rings. The summed E-state index contributed by atoms with van der Waals surface area (Å²) in [6.07, 6.45) is 2.12. The first-order valence-corrected chi connectivity index (χ1v) is 9.51. The number of rotatable bonds is 6. The number of aliphatic hydroxyl groups is 1. The van der Waals surface area contributed by atoms with Crippen LogP contribution < -0.4 is 4.72 Å². The van der Waals surface area contributed by atoms with Gasteiger partial charge in [0, 0.05) is 13.1 Å². The average Bonchev–Trinajstić information content (AvgIpc) is 2.47. The molecule has 0 aromatic heterocycles. The van der Waals surface area contributed by atoms with Gasteiger partial charge in [-0.25, -0.2) is 17.5 Å². The van der Waals surface area contributed by atoms with Crippen LogP contribution in [0.25, 0.3) is 0 Å². The highest BCUT2D eigenvalue weighted by atomic mass is 35.5. The molecule has 0 saturated carbocycles. The van der Waals surface area contributed by atoms with Crippen molar-refractivity contribution < 1.29 is 17.9 Å². The third kappa shape index (κ3) is 5.12. The summed E-state index contributed by atoms with van der Waals surface area (Å²) in [5.74, 6) is -0.530. The summed E-state index contributed by atoms with van der Waals surface area (Å²) in [5.41, 5.74) is 0.233. The van der Waals surface area contributed by atoms with E-state index in [1.54, 1.807) is 0 Å². The lowest BCUT2D eigenvalue weighted by molar-refractivity contribution is 0.0704. The molecule has 2 N–H and O–H groups in total. The van der Waals surface area contributed by atoms with E-state index < -0.39 is 15.8 Å². The van der Waals surface area contributed by atoms with Crippen molar-refractivity contribution in [2.45, 2.75) is 37.2 Å². The molecular formula is C15H22ClFN2O3S. The maximum atomic E-state index is 13.4. The third-order valence-corrected chi connectivity index (χ3v) is 5.85. The fourth-order valence-electron chi connectivity index (χ4n) is 2.66. The third-order valence-electron chi connectivity index (χ3n) is 3.93. The van der Waals surface area contributed by atoms with Crippen LogP contribution in [0, 0.1) is 12.7 Å². The number of nitrogens with one attached hydrogen (secondary N) is 1. The first kappa shape index (κ1) is 18.6. The summed E-state index contributed by atoms with van der Waals surface area (Å²) in [5, 5.41) is 9.47. The number of halogens is 2. The van der Waals surface area contributed by atoms with Crippen molar-refractivity contribution in [2.24, 2.45) is 0 Å². The van der Waals surface area contributed by atoms with Crippen LogP contribution in [0.4, 0.5) is 4.39 Å². The van der Waals surface area contributed by atoms with Crippen molar-refractivity contribution in [3.05, 3.63) is 28.5 Å². The topological polar surface area (TPSA) is 69.6 Å². The SMILES string of the molecule is Cc1cc(S(=O)(=O)NCCCN2CCCC(O)C2)c(Cl)cc1F. The molecule has 0 aliphatic carbocycles. The molecule has 1 aromatic carbocycles. The zero-order valence-electron chi connectivity index (χ0n) is 13.1. The zero-order valence-corrected chi connectivity index (χ0v) is 14.6. The summed E-state index contributed by atoms with van der Waals surface area (Å²) in [6.45, 7) is 4.03. The van der Waals surface area contributed by atoms with Crippen LogP contribution in [0.5, 0.6) is 0 Å². The number of aryl methyl sites for hydroxylation is 1. The summed E-state index contributed by atoms with van der Waals surface area (Å²) in [4.78, 5) is 2.02. The monoisotopic (exact) mass is 364 g/mol. The Labute approximate surface area is 141 Å². The molecule has 5 nitrogen and oxygen atoms in total. The second-order valence-electron chi connectivity index (χ2n) is 5.88. The Morgan fingerprint density at radius 3 is 2.91 bits per heavy atom. The van der Waals surface area contributed by atoms with Gasteiger partial charge in [-0.3, -0.25) is 0 Å². The average molecular weight is 365 g/mol. The smallest absolute Gasteiger partial charge is 0.242 e. The van der Waals surface area contributed by atoms with E-state index in [0.29, 0.717) is 13.0 Å². The summed E-state index contributed by atoms with van der Waals surface area (Å²) in [6, 6.07) is 2.25. The van der Waals surface area contributed by atoms with E-state index in [-0.39, 0.29) is 28.1 Å². The number of piperidine rings is 1. The number of β-amino-alcohol motifs (C(OH)–C–C–N with tert-alkyl or cyclic N) is 1. The highest BCUT2D eigenvalue weighted by Crippen LogP contribution is 2.24. The lowest BCUT2D eigenvalue weighted by atomic mass is 10.1. The van der Waals surface area contributed by atoms with E-state index in [2.05, 4.69) is 9.62 Å². The van der Waals surface area contributed by atoms with Crippen molar-refractivity contribution in [2.75, 3.05) is 26.2 Å². The van der Waals surface area contributed by atoms with Crippen LogP contribution >= 0.6 is 11.6 Å². The van der Waals surface area contributed by atoms with E-state index in [1.165, 1.54) is 13.0 Å². The fourth-order valence-corrected chi connectivity index (χ4v) is 4.33. The van der Waals surface area contributed by atoms with Gasteiger partial charge in [0.2, 0.25) is 10.0 Å². The molecule has 1 saturated heterocycles. The number of nitrogens with zero attached hydrogens (tertiary/aromatic N) is 1. The van der Waals surface area contributed by atoms with Crippen LogP contribution in [0.3, 0.4) is 0 Å². The van der Waals surface area contributed by atoms with Crippen LogP contribution in [0.15, 0.2) is 17.0 Å². The molecule has 1 unspecified atom stereocenters. The highest BCUT2D eigenvalue weighted by Gasteiger charge is 2.20. The molecule has 0 amide bonds. The number of benzene rings is 1. The number of likely N-dealkylation sites (tertiary alicyclic amines) is 1. The van der Waals surface area contributed by atoms with Gasteiger partial charge in [0.05, 0.1) is 11.1 Å². The Morgan fingerprint density at radius 2 is 2.22 bits per heavy atom. The predicted octanol–water partition coefficient (Wildman–Crippen LogP) is 1.91. The Balaban J connectivity index is 1.88. The number of sulfonamides is 1.